The van der Waals surface area contributed by atoms with Crippen molar-refractivity contribution in [2.24, 2.45) is 0 Å². The normalized spacial score (nSPS) is 16.9. The van der Waals surface area contributed by atoms with Gasteiger partial charge in [-0.3, -0.25) is 0 Å². The lowest BCUT2D eigenvalue weighted by atomic mass is 10.2. The summed E-state index contributed by atoms with van der Waals surface area (Å²) in [5.74, 6) is 0.0582. The summed E-state index contributed by atoms with van der Waals surface area (Å²) in [6.45, 7) is 2.35. The second kappa shape index (κ2) is 3.92. The molecule has 5 heteroatoms. The Morgan fingerprint density at radius 1 is 1.38 bits per heavy atom. The van der Waals surface area contributed by atoms with Crippen molar-refractivity contribution < 1.29 is 18.3 Å². The molecule has 1 aromatic carbocycles. The Kier molecular flexibility index (Phi) is 2.73. The Morgan fingerprint density at radius 3 is 2.81 bits per heavy atom. The molecule has 0 aromatic heterocycles. The van der Waals surface area contributed by atoms with Gasteiger partial charge in [0, 0.05) is 6.61 Å². The Hall–Kier alpha value is -1.33. The molecule has 16 heavy (non-hydrogen) atoms. The summed E-state index contributed by atoms with van der Waals surface area (Å²) in [7, 11) is -3.41. The fourth-order valence-corrected chi connectivity index (χ4v) is 3.09. The lowest BCUT2D eigenvalue weighted by Gasteiger charge is -2.03. The van der Waals surface area contributed by atoms with Gasteiger partial charge in [0.2, 0.25) is 9.84 Å². The van der Waals surface area contributed by atoms with Crippen LogP contribution in [-0.2, 0) is 14.6 Å². The van der Waals surface area contributed by atoms with Crippen molar-refractivity contribution in [1.29, 1.82) is 0 Å². The second-order valence-electron chi connectivity index (χ2n) is 3.47. The van der Waals surface area contributed by atoms with Crippen LogP contribution in [0.5, 0.6) is 5.75 Å². The van der Waals surface area contributed by atoms with E-state index >= 15 is 0 Å². The summed E-state index contributed by atoms with van der Waals surface area (Å²) in [5.41, 5.74) is 0.523. The Labute approximate surface area is 94.1 Å². The molecule has 0 spiro atoms. The minimum Gasteiger partial charge on any atom is -0.508 e. The third-order valence-corrected chi connectivity index (χ3v) is 4.27. The third-order valence-electron chi connectivity index (χ3n) is 2.39. The first-order valence-corrected chi connectivity index (χ1v) is 6.40. The van der Waals surface area contributed by atoms with Crippen molar-refractivity contribution in [2.75, 3.05) is 13.2 Å². The van der Waals surface area contributed by atoms with Crippen LogP contribution in [-0.4, -0.2) is 26.7 Å². The molecule has 0 radical (unpaired) electrons. The Morgan fingerprint density at radius 2 is 2.12 bits per heavy atom. The smallest absolute Gasteiger partial charge is 0.205 e. The van der Waals surface area contributed by atoms with Crippen molar-refractivity contribution >= 4 is 15.9 Å². The molecule has 0 amide bonds. The van der Waals surface area contributed by atoms with Gasteiger partial charge in [-0.1, -0.05) is 0 Å². The number of rotatable bonds is 3. The van der Waals surface area contributed by atoms with Crippen LogP contribution in [0.25, 0.3) is 6.08 Å². The van der Waals surface area contributed by atoms with Crippen LogP contribution in [0.15, 0.2) is 28.0 Å². The zero-order valence-corrected chi connectivity index (χ0v) is 9.62. The third kappa shape index (κ3) is 1.72. The van der Waals surface area contributed by atoms with E-state index in [1.54, 1.807) is 13.0 Å². The van der Waals surface area contributed by atoms with Gasteiger partial charge in [0.15, 0.2) is 0 Å². The maximum absolute atomic E-state index is 12.0. The highest BCUT2D eigenvalue weighted by atomic mass is 32.2. The fourth-order valence-electron chi connectivity index (χ4n) is 1.61. The number of ether oxygens (including phenoxy) is 1. The lowest BCUT2D eigenvalue weighted by molar-refractivity contribution is 0.175. The Bertz CT molecular complexity index is 543. The first-order valence-electron chi connectivity index (χ1n) is 4.92. The zero-order valence-electron chi connectivity index (χ0n) is 8.80. The van der Waals surface area contributed by atoms with Crippen molar-refractivity contribution in [3.63, 3.8) is 0 Å². The highest BCUT2D eigenvalue weighted by Crippen LogP contribution is 2.34. The maximum Gasteiger partial charge on any atom is 0.205 e. The molecule has 1 aliphatic rings. The topological polar surface area (TPSA) is 63.6 Å². The van der Waals surface area contributed by atoms with Gasteiger partial charge < -0.3 is 9.84 Å². The van der Waals surface area contributed by atoms with E-state index in [-0.39, 0.29) is 22.2 Å². The van der Waals surface area contributed by atoms with E-state index in [0.29, 0.717) is 12.2 Å². The van der Waals surface area contributed by atoms with Crippen LogP contribution in [0, 0.1) is 0 Å². The predicted molar refractivity (Wildman–Crippen MR) is 59.8 cm³/mol. The average Bonchev–Trinajstić information content (AvgIpc) is 2.47. The Balaban J connectivity index is 2.44. The molecule has 0 unspecified atom stereocenters. The minimum atomic E-state index is -3.41. The summed E-state index contributed by atoms with van der Waals surface area (Å²) in [6, 6.07) is 4.22. The number of sulfone groups is 1. The zero-order chi connectivity index (χ0) is 11.8. The molecule has 1 aliphatic heterocycles. The molecule has 0 fully saturated rings. The number of aromatic hydroxyl groups is 1. The molecule has 1 aromatic rings. The number of benzene rings is 1. The van der Waals surface area contributed by atoms with Crippen LogP contribution in [0.1, 0.15) is 12.5 Å². The van der Waals surface area contributed by atoms with Gasteiger partial charge in [-0.05, 0) is 36.8 Å². The molecular weight excluding hydrogens is 228 g/mol. The van der Waals surface area contributed by atoms with E-state index in [1.165, 1.54) is 18.2 Å². The molecule has 0 atom stereocenters. The monoisotopic (exact) mass is 240 g/mol. The molecule has 86 valence electrons. The van der Waals surface area contributed by atoms with Gasteiger partial charge in [-0.25, -0.2) is 8.42 Å². The SMILES string of the molecule is CCOCC1=Cc2cc(O)ccc2S1(=O)=O. The van der Waals surface area contributed by atoms with Gasteiger partial charge in [0.05, 0.1) is 16.4 Å². The summed E-state index contributed by atoms with van der Waals surface area (Å²) in [6.07, 6.45) is 1.54. The van der Waals surface area contributed by atoms with Crippen molar-refractivity contribution in [1.82, 2.24) is 0 Å². The van der Waals surface area contributed by atoms with E-state index in [4.69, 9.17) is 4.74 Å². The molecule has 0 saturated heterocycles. The summed E-state index contributed by atoms with van der Waals surface area (Å²) in [5, 5.41) is 9.27. The largest absolute Gasteiger partial charge is 0.508 e. The average molecular weight is 240 g/mol. The van der Waals surface area contributed by atoms with Gasteiger partial charge in [-0.15, -0.1) is 0 Å². The molecule has 0 saturated carbocycles. The van der Waals surface area contributed by atoms with Crippen LogP contribution >= 0.6 is 0 Å². The van der Waals surface area contributed by atoms with Crippen LogP contribution in [0.2, 0.25) is 0 Å². The van der Waals surface area contributed by atoms with E-state index in [9.17, 15) is 13.5 Å². The van der Waals surface area contributed by atoms with Crippen LogP contribution < -0.4 is 0 Å². The van der Waals surface area contributed by atoms with Gasteiger partial charge in [0.25, 0.3) is 0 Å². The quantitative estimate of drug-likeness (QED) is 0.870. The van der Waals surface area contributed by atoms with E-state index in [1.807, 2.05) is 0 Å². The predicted octanol–water partition coefficient (Wildman–Crippen LogP) is 1.56. The second-order valence-corrected chi connectivity index (χ2v) is 5.44. The van der Waals surface area contributed by atoms with E-state index < -0.39 is 9.84 Å². The number of phenols is 1. The van der Waals surface area contributed by atoms with E-state index in [2.05, 4.69) is 0 Å². The van der Waals surface area contributed by atoms with Gasteiger partial charge in [0.1, 0.15) is 5.75 Å². The molecule has 0 bridgehead atoms. The molecule has 0 aliphatic carbocycles. The number of hydrogen-bond donors (Lipinski definition) is 1. The van der Waals surface area contributed by atoms with Gasteiger partial charge >= 0.3 is 0 Å². The lowest BCUT2D eigenvalue weighted by Crippen LogP contribution is -2.06. The minimum absolute atomic E-state index is 0.0582. The maximum atomic E-state index is 12.0. The fraction of sp³-hybridized carbons (Fsp3) is 0.273. The molecule has 1 heterocycles. The summed E-state index contributed by atoms with van der Waals surface area (Å²) in [4.78, 5) is 0.481. The number of hydrogen-bond acceptors (Lipinski definition) is 4. The highest BCUT2D eigenvalue weighted by Gasteiger charge is 2.29. The summed E-state index contributed by atoms with van der Waals surface area (Å²) < 4.78 is 29.0. The first-order chi connectivity index (χ1) is 7.55. The summed E-state index contributed by atoms with van der Waals surface area (Å²) >= 11 is 0. The molecule has 2 rings (SSSR count). The standard InChI is InChI=1S/C11H12O4S/c1-2-15-7-10-6-8-5-9(12)3-4-11(8)16(10,13)14/h3-6,12H,2,7H2,1H3. The van der Waals surface area contributed by atoms with Crippen LogP contribution in [0.4, 0.5) is 0 Å². The first kappa shape index (κ1) is 11.2. The highest BCUT2D eigenvalue weighted by molar-refractivity contribution is 7.95. The molecule has 4 nitrogen and oxygen atoms in total. The molecule has 1 N–H and O–H groups in total. The van der Waals surface area contributed by atoms with E-state index in [0.717, 1.165) is 0 Å². The van der Waals surface area contributed by atoms with Gasteiger partial charge in [-0.2, -0.15) is 0 Å². The number of fused-ring (bicyclic) bond motifs is 1. The van der Waals surface area contributed by atoms with Crippen molar-refractivity contribution in [3.05, 3.63) is 28.7 Å². The van der Waals surface area contributed by atoms with Crippen molar-refractivity contribution in [3.8, 4) is 5.75 Å². The number of phenolic OH excluding ortho intramolecular Hbond substituents is 1. The molecular formula is C11H12O4S. The van der Waals surface area contributed by atoms with Crippen molar-refractivity contribution in [2.45, 2.75) is 11.8 Å². The van der Waals surface area contributed by atoms with Crippen LogP contribution in [0.3, 0.4) is 0 Å².